The van der Waals surface area contributed by atoms with Crippen LogP contribution in [0.4, 0.5) is 5.69 Å². The Bertz CT molecular complexity index is 1250. The number of nitrogens with one attached hydrogen (secondary N) is 1. The number of carbonyl (C=O) groups is 1. The predicted molar refractivity (Wildman–Crippen MR) is 112 cm³/mol. The Morgan fingerprint density at radius 3 is 2.43 bits per heavy atom. The Kier molecular flexibility index (Phi) is 4.90. The van der Waals surface area contributed by atoms with E-state index in [1.165, 1.54) is 0 Å². The Labute approximate surface area is 170 Å². The first-order valence-corrected chi connectivity index (χ1v) is 9.17. The van der Waals surface area contributed by atoms with Crippen molar-refractivity contribution in [2.45, 2.75) is 0 Å². The van der Waals surface area contributed by atoms with E-state index in [1.54, 1.807) is 54.6 Å². The monoisotopic (exact) mass is 409 g/mol. The highest BCUT2D eigenvalue weighted by Gasteiger charge is 2.12. The van der Waals surface area contributed by atoms with Gasteiger partial charge in [-0.25, -0.2) is 4.79 Å². The van der Waals surface area contributed by atoms with Crippen LogP contribution in [-0.4, -0.2) is 5.91 Å². The lowest BCUT2D eigenvalue weighted by atomic mass is 10.0. The lowest BCUT2D eigenvalue weighted by Gasteiger charge is -2.09. The van der Waals surface area contributed by atoms with Gasteiger partial charge in [-0.3, -0.25) is 4.79 Å². The van der Waals surface area contributed by atoms with E-state index in [1.807, 2.05) is 18.2 Å². The van der Waals surface area contributed by atoms with Crippen molar-refractivity contribution in [2.75, 3.05) is 5.32 Å². The van der Waals surface area contributed by atoms with Crippen molar-refractivity contribution in [2.24, 2.45) is 0 Å². The van der Waals surface area contributed by atoms with E-state index < -0.39 is 5.63 Å². The highest BCUT2D eigenvalue weighted by molar-refractivity contribution is 6.44. The Balaban J connectivity index is 1.62. The summed E-state index contributed by atoms with van der Waals surface area (Å²) >= 11 is 12.1. The van der Waals surface area contributed by atoms with Gasteiger partial charge < -0.3 is 9.73 Å². The molecule has 0 aliphatic heterocycles. The van der Waals surface area contributed by atoms with E-state index in [-0.39, 0.29) is 10.9 Å². The second-order valence-corrected chi connectivity index (χ2v) is 6.90. The van der Waals surface area contributed by atoms with Crippen LogP contribution in [0.25, 0.3) is 22.1 Å². The third-order valence-corrected chi connectivity index (χ3v) is 5.12. The largest absolute Gasteiger partial charge is 0.422 e. The van der Waals surface area contributed by atoms with Gasteiger partial charge in [0.15, 0.2) is 0 Å². The van der Waals surface area contributed by atoms with Gasteiger partial charge in [-0.2, -0.15) is 0 Å². The molecule has 4 rings (SSSR count). The summed E-state index contributed by atoms with van der Waals surface area (Å²) in [5.41, 5.74) is 2.05. The average Bonchev–Trinajstić information content (AvgIpc) is 2.71. The molecule has 0 fully saturated rings. The van der Waals surface area contributed by atoms with Crippen molar-refractivity contribution in [1.29, 1.82) is 0 Å². The Morgan fingerprint density at radius 2 is 1.64 bits per heavy atom. The van der Waals surface area contributed by atoms with E-state index in [0.717, 1.165) is 5.39 Å². The number of benzene rings is 3. The third-order valence-electron chi connectivity index (χ3n) is 4.30. The number of hydrogen-bond acceptors (Lipinski definition) is 3. The predicted octanol–water partition coefficient (Wildman–Crippen LogP) is 6.02. The van der Waals surface area contributed by atoms with Crippen LogP contribution in [0.1, 0.15) is 10.4 Å². The molecule has 1 heterocycles. The summed E-state index contributed by atoms with van der Waals surface area (Å²) in [6.07, 6.45) is 0. The molecule has 0 aliphatic carbocycles. The molecule has 0 aliphatic rings. The van der Waals surface area contributed by atoms with Crippen LogP contribution in [0.3, 0.4) is 0 Å². The molecule has 4 nitrogen and oxygen atoms in total. The van der Waals surface area contributed by atoms with Gasteiger partial charge in [0, 0.05) is 10.9 Å². The maximum Gasteiger partial charge on any atom is 0.344 e. The molecular formula is C22H13Cl2NO3. The van der Waals surface area contributed by atoms with E-state index in [0.29, 0.717) is 33.0 Å². The van der Waals surface area contributed by atoms with Crippen molar-refractivity contribution in [3.05, 3.63) is 98.8 Å². The van der Waals surface area contributed by atoms with Crippen LogP contribution in [0.2, 0.25) is 10.0 Å². The molecule has 4 aromatic rings. The summed E-state index contributed by atoms with van der Waals surface area (Å²) in [5, 5.41) is 4.19. The number of rotatable bonds is 3. The maximum atomic E-state index is 12.5. The smallest absolute Gasteiger partial charge is 0.344 e. The van der Waals surface area contributed by atoms with E-state index >= 15 is 0 Å². The van der Waals surface area contributed by atoms with Gasteiger partial charge >= 0.3 is 5.63 Å². The first-order chi connectivity index (χ1) is 13.5. The molecule has 28 heavy (non-hydrogen) atoms. The zero-order chi connectivity index (χ0) is 19.7. The minimum Gasteiger partial charge on any atom is -0.422 e. The molecule has 1 N–H and O–H groups in total. The molecule has 0 spiro atoms. The fourth-order valence-electron chi connectivity index (χ4n) is 2.86. The number of hydrogen-bond donors (Lipinski definition) is 1. The number of fused-ring (bicyclic) bond motifs is 1. The second-order valence-electron chi connectivity index (χ2n) is 6.12. The number of para-hydroxylation sites is 1. The first kappa shape index (κ1) is 18.3. The summed E-state index contributed by atoms with van der Waals surface area (Å²) in [5.74, 6) is -0.332. The van der Waals surface area contributed by atoms with Crippen LogP contribution >= 0.6 is 23.2 Å². The maximum absolute atomic E-state index is 12.5. The topological polar surface area (TPSA) is 59.3 Å². The molecule has 0 saturated heterocycles. The Hall–Kier alpha value is -3.08. The fourth-order valence-corrected chi connectivity index (χ4v) is 3.21. The van der Waals surface area contributed by atoms with Crippen molar-refractivity contribution in [3.63, 3.8) is 0 Å². The minimum atomic E-state index is -0.429. The van der Waals surface area contributed by atoms with Crippen LogP contribution < -0.4 is 10.9 Å². The fraction of sp³-hybridized carbons (Fsp3) is 0. The molecule has 0 radical (unpaired) electrons. The third kappa shape index (κ3) is 3.52. The highest BCUT2D eigenvalue weighted by atomic mass is 35.5. The van der Waals surface area contributed by atoms with Crippen molar-refractivity contribution >= 4 is 45.8 Å². The number of anilines is 1. The molecule has 138 valence electrons. The van der Waals surface area contributed by atoms with Crippen molar-refractivity contribution in [3.8, 4) is 11.1 Å². The first-order valence-electron chi connectivity index (χ1n) is 8.41. The normalized spacial score (nSPS) is 10.8. The van der Waals surface area contributed by atoms with Gasteiger partial charge in [0.25, 0.3) is 5.91 Å². The zero-order valence-electron chi connectivity index (χ0n) is 14.4. The summed E-state index contributed by atoms with van der Waals surface area (Å²) in [6.45, 7) is 0. The van der Waals surface area contributed by atoms with Crippen LogP contribution in [0.5, 0.6) is 0 Å². The van der Waals surface area contributed by atoms with Crippen molar-refractivity contribution < 1.29 is 9.21 Å². The lowest BCUT2D eigenvalue weighted by Crippen LogP contribution is -2.12. The van der Waals surface area contributed by atoms with Gasteiger partial charge in [-0.05, 0) is 42.0 Å². The standard InChI is InChI=1S/C22H13Cl2NO3/c23-17-5-3-6-18(20(17)24)25-21(26)14-10-8-13(9-11-14)16-12-15-4-1-2-7-19(15)28-22(16)27/h1-12H,(H,25,26). The quantitative estimate of drug-likeness (QED) is 0.420. The van der Waals surface area contributed by atoms with Crippen LogP contribution in [0.15, 0.2) is 82.0 Å². The van der Waals surface area contributed by atoms with Gasteiger partial charge in [0.05, 0.1) is 21.3 Å². The highest BCUT2D eigenvalue weighted by Crippen LogP contribution is 2.30. The number of amides is 1. The molecule has 6 heteroatoms. The summed E-state index contributed by atoms with van der Waals surface area (Å²) in [4.78, 5) is 24.8. The molecule has 0 saturated carbocycles. The minimum absolute atomic E-state index is 0.280. The molecule has 0 bridgehead atoms. The molecule has 3 aromatic carbocycles. The lowest BCUT2D eigenvalue weighted by molar-refractivity contribution is 0.102. The van der Waals surface area contributed by atoms with E-state index in [9.17, 15) is 9.59 Å². The molecule has 1 amide bonds. The second kappa shape index (κ2) is 7.50. The summed E-state index contributed by atoms with van der Waals surface area (Å²) < 4.78 is 5.37. The van der Waals surface area contributed by atoms with Crippen molar-refractivity contribution in [1.82, 2.24) is 0 Å². The summed E-state index contributed by atoms with van der Waals surface area (Å²) in [6, 6.07) is 20.8. The SMILES string of the molecule is O=C(Nc1cccc(Cl)c1Cl)c1ccc(-c2cc3ccccc3oc2=O)cc1. The van der Waals surface area contributed by atoms with Crippen LogP contribution in [-0.2, 0) is 0 Å². The molecule has 0 unspecified atom stereocenters. The zero-order valence-corrected chi connectivity index (χ0v) is 15.9. The number of halogens is 2. The van der Waals surface area contributed by atoms with Gasteiger partial charge in [0.1, 0.15) is 5.58 Å². The van der Waals surface area contributed by atoms with E-state index in [4.69, 9.17) is 27.6 Å². The van der Waals surface area contributed by atoms with Gasteiger partial charge in [-0.1, -0.05) is 59.6 Å². The van der Waals surface area contributed by atoms with Gasteiger partial charge in [-0.15, -0.1) is 0 Å². The molecular weight excluding hydrogens is 397 g/mol. The molecule has 0 atom stereocenters. The van der Waals surface area contributed by atoms with Crippen LogP contribution in [0, 0.1) is 0 Å². The van der Waals surface area contributed by atoms with E-state index in [2.05, 4.69) is 5.32 Å². The number of carbonyl (C=O) groups excluding carboxylic acids is 1. The summed E-state index contributed by atoms with van der Waals surface area (Å²) in [7, 11) is 0. The average molecular weight is 410 g/mol. The molecule has 1 aromatic heterocycles. The Morgan fingerprint density at radius 1 is 0.893 bits per heavy atom. The van der Waals surface area contributed by atoms with Gasteiger partial charge in [0.2, 0.25) is 0 Å².